The van der Waals surface area contributed by atoms with Crippen LogP contribution < -0.4 is 21.7 Å². The summed E-state index contributed by atoms with van der Waals surface area (Å²) in [5, 5.41) is 7.86. The number of nitrogens with two attached hydrogens (primary N) is 1. The number of hydrogen-bond acceptors (Lipinski definition) is 3. The Balaban J connectivity index is 2.51. The molecule has 0 saturated heterocycles. The van der Waals surface area contributed by atoms with Crippen LogP contribution in [-0.4, -0.2) is 37.0 Å². The van der Waals surface area contributed by atoms with Crippen LogP contribution >= 0.6 is 0 Å². The van der Waals surface area contributed by atoms with Gasteiger partial charge in [0, 0.05) is 18.7 Å². The minimum absolute atomic E-state index is 0.159. The fraction of sp³-hybridized carbons (Fsp3) is 0.450. The topological polar surface area (TPSA) is 113 Å². The molecule has 1 aromatic carbocycles. The summed E-state index contributed by atoms with van der Waals surface area (Å²) in [6.07, 6.45) is 4.72. The molecule has 0 aliphatic heterocycles. The average molecular weight is 374 g/mol. The highest BCUT2D eigenvalue weighted by molar-refractivity contribution is 6.02. The molecule has 7 nitrogen and oxygen atoms in total. The lowest BCUT2D eigenvalue weighted by atomic mass is 10.1. The number of unbranched alkanes of at least 4 members (excludes halogenated alkanes) is 3. The first kappa shape index (κ1) is 22.2. The first-order valence-corrected chi connectivity index (χ1v) is 9.30. The lowest BCUT2D eigenvalue weighted by Gasteiger charge is -2.19. The highest BCUT2D eigenvalue weighted by Gasteiger charge is 2.26. The molecule has 148 valence electrons. The van der Waals surface area contributed by atoms with E-state index in [-0.39, 0.29) is 5.57 Å². The van der Waals surface area contributed by atoms with Gasteiger partial charge in [-0.05, 0) is 18.4 Å². The fourth-order valence-corrected chi connectivity index (χ4v) is 2.47. The number of carbonyl (C=O) groups excluding carboxylic acids is 3. The molecule has 0 spiro atoms. The molecule has 5 N–H and O–H groups in total. The molecule has 0 heterocycles. The molecule has 0 aromatic heterocycles. The van der Waals surface area contributed by atoms with Crippen LogP contribution in [0, 0.1) is 0 Å². The molecule has 0 radical (unpaired) electrons. The van der Waals surface area contributed by atoms with Crippen LogP contribution in [0.5, 0.6) is 0 Å². The van der Waals surface area contributed by atoms with E-state index >= 15 is 0 Å². The van der Waals surface area contributed by atoms with Crippen LogP contribution in [0.3, 0.4) is 0 Å². The van der Waals surface area contributed by atoms with Crippen LogP contribution in [0.25, 0.3) is 0 Å². The Morgan fingerprint density at radius 1 is 1.04 bits per heavy atom. The maximum Gasteiger partial charge on any atom is 0.315 e. The maximum absolute atomic E-state index is 12.4. The molecule has 1 aromatic rings. The predicted octanol–water partition coefficient (Wildman–Crippen LogP) is 1.63. The molecule has 0 aliphatic rings. The summed E-state index contributed by atoms with van der Waals surface area (Å²) >= 11 is 0. The van der Waals surface area contributed by atoms with Crippen molar-refractivity contribution in [1.82, 2.24) is 16.0 Å². The normalized spacial score (nSPS) is 11.3. The minimum atomic E-state index is -1.20. The second-order valence-corrected chi connectivity index (χ2v) is 6.31. The standard InChI is InChI=1S/C20H30N4O3/c1-3-4-5-9-13-23-20(27)24-17(15(2)18(21)25)19(26)22-14-12-16-10-7-6-8-11-16/h6-8,10-11,17H,2-5,9,12-14H2,1H3,(H2,21,25)(H,22,26)(H2,23,24,27)/t17-/m1/s1. The van der Waals surface area contributed by atoms with Gasteiger partial charge >= 0.3 is 6.03 Å². The Morgan fingerprint density at radius 2 is 1.74 bits per heavy atom. The molecule has 27 heavy (non-hydrogen) atoms. The number of nitrogens with one attached hydrogen (secondary N) is 3. The summed E-state index contributed by atoms with van der Waals surface area (Å²) in [7, 11) is 0. The number of urea groups is 1. The third kappa shape index (κ3) is 8.89. The number of benzene rings is 1. The Bertz CT molecular complexity index is 631. The van der Waals surface area contributed by atoms with Gasteiger partial charge < -0.3 is 21.7 Å². The third-order valence-electron chi connectivity index (χ3n) is 4.07. The van der Waals surface area contributed by atoms with Gasteiger partial charge in [0.05, 0.1) is 0 Å². The summed E-state index contributed by atoms with van der Waals surface area (Å²) in [5.41, 5.74) is 6.15. The zero-order chi connectivity index (χ0) is 20.1. The Kier molecular flexibility index (Phi) is 10.3. The zero-order valence-electron chi connectivity index (χ0n) is 15.9. The van der Waals surface area contributed by atoms with Crippen molar-refractivity contribution >= 4 is 17.8 Å². The Morgan fingerprint density at radius 3 is 2.37 bits per heavy atom. The van der Waals surface area contributed by atoms with Crippen LogP contribution in [-0.2, 0) is 16.0 Å². The molecular formula is C20H30N4O3. The van der Waals surface area contributed by atoms with Crippen LogP contribution in [0.15, 0.2) is 42.5 Å². The smallest absolute Gasteiger partial charge is 0.315 e. The fourth-order valence-electron chi connectivity index (χ4n) is 2.47. The lowest BCUT2D eigenvalue weighted by molar-refractivity contribution is -0.124. The summed E-state index contributed by atoms with van der Waals surface area (Å²) in [4.78, 5) is 35.9. The largest absolute Gasteiger partial charge is 0.366 e. The highest BCUT2D eigenvalue weighted by Crippen LogP contribution is 2.02. The SMILES string of the molecule is C=C(C(N)=O)[C@@H](NC(=O)NCCCCCC)C(=O)NCCc1ccccc1. The monoisotopic (exact) mass is 374 g/mol. The summed E-state index contributed by atoms with van der Waals surface area (Å²) in [5.74, 6) is -1.35. The minimum Gasteiger partial charge on any atom is -0.366 e. The summed E-state index contributed by atoms with van der Waals surface area (Å²) in [6, 6.07) is 7.93. The van der Waals surface area contributed by atoms with Crippen molar-refractivity contribution in [2.24, 2.45) is 5.73 Å². The van der Waals surface area contributed by atoms with Crippen molar-refractivity contribution in [2.45, 2.75) is 45.1 Å². The van der Waals surface area contributed by atoms with Crippen molar-refractivity contribution in [3.63, 3.8) is 0 Å². The van der Waals surface area contributed by atoms with Gasteiger partial charge in [0.15, 0.2) is 0 Å². The first-order chi connectivity index (χ1) is 13.0. The van der Waals surface area contributed by atoms with Crippen LogP contribution in [0.2, 0.25) is 0 Å². The van der Waals surface area contributed by atoms with E-state index in [4.69, 9.17) is 5.73 Å². The Labute approximate surface area is 160 Å². The molecule has 1 atom stereocenters. The van der Waals surface area contributed by atoms with Crippen molar-refractivity contribution < 1.29 is 14.4 Å². The van der Waals surface area contributed by atoms with E-state index in [9.17, 15) is 14.4 Å². The molecule has 0 saturated carbocycles. The van der Waals surface area contributed by atoms with Gasteiger partial charge in [0.25, 0.3) is 0 Å². The molecule has 7 heteroatoms. The molecule has 0 fully saturated rings. The average Bonchev–Trinajstić information content (AvgIpc) is 2.66. The molecular weight excluding hydrogens is 344 g/mol. The van der Waals surface area contributed by atoms with E-state index < -0.39 is 23.9 Å². The lowest BCUT2D eigenvalue weighted by Crippen LogP contribution is -2.52. The first-order valence-electron chi connectivity index (χ1n) is 9.30. The van der Waals surface area contributed by atoms with Crippen LogP contribution in [0.4, 0.5) is 4.79 Å². The van der Waals surface area contributed by atoms with Gasteiger partial charge in [-0.2, -0.15) is 0 Å². The molecule has 0 aliphatic carbocycles. The molecule has 0 bridgehead atoms. The van der Waals surface area contributed by atoms with Gasteiger partial charge in [-0.1, -0.05) is 63.1 Å². The summed E-state index contributed by atoms with van der Waals surface area (Å²) in [6.45, 7) is 6.51. The Hall–Kier alpha value is -2.83. The number of amides is 4. The van der Waals surface area contributed by atoms with Gasteiger partial charge in [-0.15, -0.1) is 0 Å². The van der Waals surface area contributed by atoms with Gasteiger partial charge in [0.2, 0.25) is 11.8 Å². The van der Waals surface area contributed by atoms with E-state index in [0.717, 1.165) is 31.2 Å². The predicted molar refractivity (Wildman–Crippen MR) is 106 cm³/mol. The number of hydrogen-bond donors (Lipinski definition) is 4. The van der Waals surface area contributed by atoms with E-state index in [0.29, 0.717) is 19.5 Å². The molecule has 1 rings (SSSR count). The zero-order valence-corrected chi connectivity index (χ0v) is 15.9. The molecule has 4 amide bonds. The third-order valence-corrected chi connectivity index (χ3v) is 4.07. The molecule has 0 unspecified atom stereocenters. The highest BCUT2D eigenvalue weighted by atomic mass is 16.2. The maximum atomic E-state index is 12.4. The van der Waals surface area contributed by atoms with E-state index in [1.54, 1.807) is 0 Å². The number of primary amides is 1. The number of rotatable bonds is 12. The quantitative estimate of drug-likeness (QED) is 0.329. The summed E-state index contributed by atoms with van der Waals surface area (Å²) < 4.78 is 0. The van der Waals surface area contributed by atoms with Crippen molar-refractivity contribution in [3.05, 3.63) is 48.0 Å². The van der Waals surface area contributed by atoms with E-state index in [1.165, 1.54) is 0 Å². The van der Waals surface area contributed by atoms with Gasteiger partial charge in [0.1, 0.15) is 6.04 Å². The van der Waals surface area contributed by atoms with Crippen LogP contribution in [0.1, 0.15) is 38.2 Å². The van der Waals surface area contributed by atoms with E-state index in [2.05, 4.69) is 29.5 Å². The van der Waals surface area contributed by atoms with Crippen molar-refractivity contribution in [2.75, 3.05) is 13.1 Å². The van der Waals surface area contributed by atoms with Gasteiger partial charge in [-0.3, -0.25) is 9.59 Å². The number of carbonyl (C=O) groups is 3. The van der Waals surface area contributed by atoms with E-state index in [1.807, 2.05) is 30.3 Å². The second-order valence-electron chi connectivity index (χ2n) is 6.31. The van der Waals surface area contributed by atoms with Crippen molar-refractivity contribution in [1.29, 1.82) is 0 Å². The van der Waals surface area contributed by atoms with Crippen molar-refractivity contribution in [3.8, 4) is 0 Å². The van der Waals surface area contributed by atoms with Gasteiger partial charge in [-0.25, -0.2) is 4.79 Å². The second kappa shape index (κ2) is 12.5.